The number of nitrogens with zero attached hydrogens (tertiary/aromatic N) is 1. The number of hydrogen-bond donors (Lipinski definition) is 1. The van der Waals surface area contributed by atoms with Gasteiger partial charge in [0.05, 0.1) is 11.4 Å². The largest absolute Gasteiger partial charge is 0.397 e. The minimum atomic E-state index is -0.885. The molecular formula is C9H12F2N2. The summed E-state index contributed by atoms with van der Waals surface area (Å²) in [6.07, 6.45) is 0. The molecule has 0 saturated carbocycles. The lowest BCUT2D eigenvalue weighted by molar-refractivity contribution is 0.508. The Bertz CT molecular complexity index is 313. The van der Waals surface area contributed by atoms with E-state index in [4.69, 9.17) is 5.73 Å². The van der Waals surface area contributed by atoms with Crippen molar-refractivity contribution in [1.29, 1.82) is 0 Å². The van der Waals surface area contributed by atoms with E-state index in [2.05, 4.69) is 0 Å². The summed E-state index contributed by atoms with van der Waals surface area (Å²) in [5.41, 5.74) is 5.90. The molecular weight excluding hydrogens is 174 g/mol. The highest BCUT2D eigenvalue weighted by atomic mass is 19.2. The van der Waals surface area contributed by atoms with E-state index in [-0.39, 0.29) is 11.4 Å². The maximum Gasteiger partial charge on any atom is 0.184 e. The van der Waals surface area contributed by atoms with Crippen molar-refractivity contribution in [3.05, 3.63) is 23.8 Å². The summed E-state index contributed by atoms with van der Waals surface area (Å²) in [5.74, 6) is -1.76. The zero-order valence-electron chi connectivity index (χ0n) is 7.64. The molecule has 0 aliphatic rings. The number of halogens is 2. The summed E-state index contributed by atoms with van der Waals surface area (Å²) >= 11 is 0. The third-order valence-corrected chi connectivity index (χ3v) is 1.96. The van der Waals surface area contributed by atoms with Crippen LogP contribution in [-0.4, -0.2) is 13.6 Å². The molecule has 0 heterocycles. The molecule has 0 spiro atoms. The summed E-state index contributed by atoms with van der Waals surface area (Å²) in [7, 11) is 1.66. The Hall–Kier alpha value is -1.32. The van der Waals surface area contributed by atoms with Crippen LogP contribution in [0, 0.1) is 11.6 Å². The lowest BCUT2D eigenvalue weighted by atomic mass is 10.2. The smallest absolute Gasteiger partial charge is 0.184 e. The molecule has 4 heteroatoms. The third kappa shape index (κ3) is 1.71. The predicted octanol–water partition coefficient (Wildman–Crippen LogP) is 2.00. The molecule has 2 nitrogen and oxygen atoms in total. The van der Waals surface area contributed by atoms with Gasteiger partial charge in [0.15, 0.2) is 11.6 Å². The first-order valence-electron chi connectivity index (χ1n) is 4.02. The molecule has 2 N–H and O–H groups in total. The second-order valence-electron chi connectivity index (χ2n) is 2.81. The van der Waals surface area contributed by atoms with Gasteiger partial charge in [0.25, 0.3) is 0 Å². The number of nitrogen functional groups attached to an aromatic ring is 1. The monoisotopic (exact) mass is 186 g/mol. The Morgan fingerprint density at radius 3 is 2.54 bits per heavy atom. The lowest BCUT2D eigenvalue weighted by Gasteiger charge is -2.19. The van der Waals surface area contributed by atoms with Gasteiger partial charge in [0, 0.05) is 13.6 Å². The van der Waals surface area contributed by atoms with Crippen LogP contribution in [0.4, 0.5) is 20.2 Å². The van der Waals surface area contributed by atoms with E-state index in [9.17, 15) is 8.78 Å². The van der Waals surface area contributed by atoms with Crippen molar-refractivity contribution in [3.8, 4) is 0 Å². The van der Waals surface area contributed by atoms with Gasteiger partial charge in [0.1, 0.15) is 0 Å². The van der Waals surface area contributed by atoms with Crippen LogP contribution in [0.2, 0.25) is 0 Å². The lowest BCUT2D eigenvalue weighted by Crippen LogP contribution is -2.19. The van der Waals surface area contributed by atoms with Crippen molar-refractivity contribution < 1.29 is 8.78 Å². The molecule has 0 unspecified atom stereocenters. The van der Waals surface area contributed by atoms with Gasteiger partial charge < -0.3 is 10.6 Å². The van der Waals surface area contributed by atoms with E-state index in [1.54, 1.807) is 11.9 Å². The van der Waals surface area contributed by atoms with Crippen LogP contribution in [0.1, 0.15) is 6.92 Å². The average molecular weight is 186 g/mol. The second-order valence-corrected chi connectivity index (χ2v) is 2.81. The van der Waals surface area contributed by atoms with Crippen molar-refractivity contribution >= 4 is 11.4 Å². The second kappa shape index (κ2) is 3.60. The molecule has 13 heavy (non-hydrogen) atoms. The van der Waals surface area contributed by atoms with Crippen LogP contribution in [0.3, 0.4) is 0 Å². The fraction of sp³-hybridized carbons (Fsp3) is 0.333. The van der Waals surface area contributed by atoms with Gasteiger partial charge in [-0.3, -0.25) is 0 Å². The van der Waals surface area contributed by atoms with Gasteiger partial charge in [-0.2, -0.15) is 0 Å². The summed E-state index contributed by atoms with van der Waals surface area (Å²) in [4.78, 5) is 1.56. The zero-order valence-corrected chi connectivity index (χ0v) is 7.64. The molecule has 0 radical (unpaired) electrons. The molecule has 72 valence electrons. The van der Waals surface area contributed by atoms with Gasteiger partial charge in [0.2, 0.25) is 0 Å². The molecule has 0 saturated heterocycles. The molecule has 1 aromatic rings. The van der Waals surface area contributed by atoms with E-state index in [1.165, 1.54) is 6.07 Å². The van der Waals surface area contributed by atoms with Gasteiger partial charge in [-0.1, -0.05) is 0 Å². The Kier molecular flexibility index (Phi) is 2.70. The van der Waals surface area contributed by atoms with Gasteiger partial charge in [-0.05, 0) is 19.1 Å². The maximum atomic E-state index is 13.2. The standard InChI is InChI=1S/C9H12F2N2/c1-3-13(2)9-7(12)5-4-6(10)8(9)11/h4-5H,3,12H2,1-2H3. The first kappa shape index (κ1) is 9.77. The van der Waals surface area contributed by atoms with Crippen molar-refractivity contribution in [2.24, 2.45) is 0 Å². The first-order chi connectivity index (χ1) is 6.07. The van der Waals surface area contributed by atoms with Crippen molar-refractivity contribution in [3.63, 3.8) is 0 Å². The highest BCUT2D eigenvalue weighted by Crippen LogP contribution is 2.27. The Balaban J connectivity index is 3.25. The molecule has 1 aromatic carbocycles. The fourth-order valence-electron chi connectivity index (χ4n) is 1.10. The minimum absolute atomic E-state index is 0.127. The molecule has 0 aromatic heterocycles. The van der Waals surface area contributed by atoms with Gasteiger partial charge >= 0.3 is 0 Å². The number of hydrogen-bond acceptors (Lipinski definition) is 2. The Labute approximate surface area is 76.0 Å². The molecule has 0 atom stereocenters. The maximum absolute atomic E-state index is 13.2. The summed E-state index contributed by atoms with van der Waals surface area (Å²) < 4.78 is 26.0. The molecule has 0 aliphatic carbocycles. The van der Waals surface area contributed by atoms with Crippen molar-refractivity contribution in [1.82, 2.24) is 0 Å². The fourth-order valence-corrected chi connectivity index (χ4v) is 1.10. The van der Waals surface area contributed by atoms with Crippen LogP contribution in [-0.2, 0) is 0 Å². The molecule has 1 rings (SSSR count). The van der Waals surface area contributed by atoms with Crippen LogP contribution in [0.25, 0.3) is 0 Å². The van der Waals surface area contributed by atoms with E-state index in [0.29, 0.717) is 6.54 Å². The molecule has 0 aliphatic heterocycles. The van der Waals surface area contributed by atoms with Crippen LogP contribution < -0.4 is 10.6 Å². The van der Waals surface area contributed by atoms with Gasteiger partial charge in [-0.15, -0.1) is 0 Å². The summed E-state index contributed by atoms with van der Waals surface area (Å²) in [6, 6.07) is 2.39. The topological polar surface area (TPSA) is 29.3 Å². The van der Waals surface area contributed by atoms with Crippen molar-refractivity contribution in [2.45, 2.75) is 6.92 Å². The number of rotatable bonds is 2. The Morgan fingerprint density at radius 2 is 2.00 bits per heavy atom. The highest BCUT2D eigenvalue weighted by Gasteiger charge is 2.14. The van der Waals surface area contributed by atoms with Gasteiger partial charge in [-0.25, -0.2) is 8.78 Å². The number of benzene rings is 1. The SMILES string of the molecule is CCN(C)c1c(N)ccc(F)c1F. The third-order valence-electron chi connectivity index (χ3n) is 1.96. The normalized spacial score (nSPS) is 10.2. The van der Waals surface area contributed by atoms with Crippen LogP contribution >= 0.6 is 0 Å². The first-order valence-corrected chi connectivity index (χ1v) is 4.02. The summed E-state index contributed by atoms with van der Waals surface area (Å²) in [6.45, 7) is 2.41. The minimum Gasteiger partial charge on any atom is -0.397 e. The molecule has 0 amide bonds. The predicted molar refractivity (Wildman–Crippen MR) is 49.7 cm³/mol. The van der Waals surface area contributed by atoms with Crippen LogP contribution in [0.15, 0.2) is 12.1 Å². The van der Waals surface area contributed by atoms with E-state index in [0.717, 1.165) is 6.07 Å². The Morgan fingerprint density at radius 1 is 1.38 bits per heavy atom. The number of nitrogens with two attached hydrogens (primary N) is 1. The molecule has 0 bridgehead atoms. The molecule has 0 fully saturated rings. The van der Waals surface area contributed by atoms with Crippen LogP contribution in [0.5, 0.6) is 0 Å². The summed E-state index contributed by atoms with van der Waals surface area (Å²) in [5, 5.41) is 0. The van der Waals surface area contributed by atoms with E-state index >= 15 is 0 Å². The van der Waals surface area contributed by atoms with E-state index in [1.807, 2.05) is 6.92 Å². The zero-order chi connectivity index (χ0) is 10.0. The number of anilines is 2. The van der Waals surface area contributed by atoms with Crippen molar-refractivity contribution in [2.75, 3.05) is 24.2 Å². The quantitative estimate of drug-likeness (QED) is 0.716. The van der Waals surface area contributed by atoms with E-state index < -0.39 is 11.6 Å². The highest BCUT2D eigenvalue weighted by molar-refractivity contribution is 5.67. The average Bonchev–Trinajstić information content (AvgIpc) is 2.12.